The van der Waals surface area contributed by atoms with Gasteiger partial charge in [0.25, 0.3) is 0 Å². The molecule has 1 aromatic carbocycles. The number of aliphatic hydroxyl groups is 1. The summed E-state index contributed by atoms with van der Waals surface area (Å²) in [6, 6.07) is 4.32. The summed E-state index contributed by atoms with van der Waals surface area (Å²) >= 11 is 0. The van der Waals surface area contributed by atoms with Crippen LogP contribution in [-0.2, 0) is 25.4 Å². The number of halogens is 1. The average molecular weight is 256 g/mol. The first-order chi connectivity index (χ1) is 8.65. The summed E-state index contributed by atoms with van der Waals surface area (Å²) in [5, 5.41) is 9.48. The number of aliphatic hydroxyl groups excluding tert-OH is 1. The Hall–Kier alpha value is -0.985. The fourth-order valence-corrected chi connectivity index (χ4v) is 1.77. The number of fused-ring (bicyclic) bond motifs is 1. The summed E-state index contributed by atoms with van der Waals surface area (Å²) in [6.45, 7) is 0.261. The van der Waals surface area contributed by atoms with Gasteiger partial charge in [0.1, 0.15) is 5.82 Å². The Balaban J connectivity index is 2.09. The van der Waals surface area contributed by atoms with Gasteiger partial charge < -0.3 is 23.9 Å². The predicted molar refractivity (Wildman–Crippen MR) is 61.5 cm³/mol. The maximum absolute atomic E-state index is 13.0. The fourth-order valence-electron chi connectivity index (χ4n) is 1.77. The zero-order valence-corrected chi connectivity index (χ0v) is 10.1. The first-order valence-corrected chi connectivity index (χ1v) is 5.44. The highest BCUT2D eigenvalue weighted by Crippen LogP contribution is 2.15. The van der Waals surface area contributed by atoms with Crippen LogP contribution in [0.4, 0.5) is 4.39 Å². The number of ether oxygens (including phenoxy) is 2. The van der Waals surface area contributed by atoms with Gasteiger partial charge in [-0.25, -0.2) is 4.39 Å². The van der Waals surface area contributed by atoms with Crippen LogP contribution in [-0.4, -0.2) is 39.0 Å². The van der Waals surface area contributed by atoms with E-state index in [2.05, 4.69) is 0 Å². The summed E-state index contributed by atoms with van der Waals surface area (Å²) in [5.74, 6) is -0.321. The van der Waals surface area contributed by atoms with E-state index < -0.39 is 19.7 Å². The number of hydrogen-bond acceptors (Lipinski definition) is 5. The molecule has 0 bridgehead atoms. The first-order valence-electron chi connectivity index (χ1n) is 5.44. The van der Waals surface area contributed by atoms with Crippen LogP contribution in [0.5, 0.6) is 0 Å². The van der Waals surface area contributed by atoms with Crippen molar-refractivity contribution in [2.45, 2.75) is 19.2 Å². The SMILES string of the molecule is COC(O)[C@@H](OC)OB1OCc2cc(F)ccc21. The van der Waals surface area contributed by atoms with Crippen LogP contribution >= 0.6 is 0 Å². The topological polar surface area (TPSA) is 57.2 Å². The molecule has 7 heteroatoms. The lowest BCUT2D eigenvalue weighted by molar-refractivity contribution is -0.225. The first kappa shape index (κ1) is 13.4. The minimum Gasteiger partial charge on any atom is -0.403 e. The molecule has 1 aromatic rings. The van der Waals surface area contributed by atoms with E-state index in [1.165, 1.54) is 26.4 Å². The van der Waals surface area contributed by atoms with Crippen LogP contribution in [0.3, 0.4) is 0 Å². The summed E-state index contributed by atoms with van der Waals surface area (Å²) in [7, 11) is 2.02. The lowest BCUT2D eigenvalue weighted by atomic mass is 9.79. The van der Waals surface area contributed by atoms with E-state index in [0.29, 0.717) is 0 Å². The standard InChI is InChI=1S/C11H14BFO5/c1-15-10(14)11(16-2)18-12-9-4-3-8(13)5-7(9)6-17-12/h3-5,10-11,14H,6H2,1-2H3/t10?,11-/m0/s1. The number of benzene rings is 1. The summed E-state index contributed by atoms with van der Waals surface area (Å²) < 4.78 is 33.5. The molecule has 98 valence electrons. The second kappa shape index (κ2) is 5.77. The summed E-state index contributed by atoms with van der Waals surface area (Å²) in [5.41, 5.74) is 1.45. The molecule has 0 amide bonds. The largest absolute Gasteiger partial charge is 0.496 e. The number of methoxy groups -OCH3 is 2. The molecule has 0 aromatic heterocycles. The van der Waals surface area contributed by atoms with E-state index in [1.54, 1.807) is 6.07 Å². The molecule has 0 aliphatic carbocycles. The number of hydrogen-bond donors (Lipinski definition) is 1. The molecular weight excluding hydrogens is 242 g/mol. The monoisotopic (exact) mass is 256 g/mol. The summed E-state index contributed by atoms with van der Waals surface area (Å²) in [4.78, 5) is 0. The lowest BCUT2D eigenvalue weighted by Gasteiger charge is -2.22. The molecule has 1 aliphatic heterocycles. The van der Waals surface area contributed by atoms with Gasteiger partial charge in [-0.05, 0) is 23.2 Å². The smallest absolute Gasteiger partial charge is 0.403 e. The van der Waals surface area contributed by atoms with Gasteiger partial charge in [-0.15, -0.1) is 0 Å². The molecule has 0 spiro atoms. The van der Waals surface area contributed by atoms with Crippen LogP contribution in [0.1, 0.15) is 5.56 Å². The third-order valence-electron chi connectivity index (χ3n) is 2.71. The molecule has 18 heavy (non-hydrogen) atoms. The Morgan fingerprint density at radius 3 is 2.83 bits per heavy atom. The normalized spacial score (nSPS) is 17.7. The average Bonchev–Trinajstić information content (AvgIpc) is 2.77. The quantitative estimate of drug-likeness (QED) is 0.593. The van der Waals surface area contributed by atoms with Crippen LogP contribution < -0.4 is 5.46 Å². The second-order valence-electron chi connectivity index (χ2n) is 3.85. The van der Waals surface area contributed by atoms with Crippen molar-refractivity contribution in [1.82, 2.24) is 0 Å². The fraction of sp³-hybridized carbons (Fsp3) is 0.455. The Labute approximate surface area is 105 Å². The van der Waals surface area contributed by atoms with Gasteiger partial charge in [-0.2, -0.15) is 0 Å². The third-order valence-corrected chi connectivity index (χ3v) is 2.71. The van der Waals surface area contributed by atoms with E-state index in [0.717, 1.165) is 11.0 Å². The van der Waals surface area contributed by atoms with Gasteiger partial charge in [0.05, 0.1) is 6.61 Å². The van der Waals surface area contributed by atoms with Gasteiger partial charge >= 0.3 is 7.12 Å². The molecule has 5 nitrogen and oxygen atoms in total. The van der Waals surface area contributed by atoms with Gasteiger partial charge in [0.2, 0.25) is 6.29 Å². The molecule has 1 N–H and O–H groups in total. The zero-order chi connectivity index (χ0) is 13.1. The minimum absolute atomic E-state index is 0.261. The van der Waals surface area contributed by atoms with Gasteiger partial charge in [-0.3, -0.25) is 0 Å². The Kier molecular flexibility index (Phi) is 4.31. The molecule has 2 atom stereocenters. The van der Waals surface area contributed by atoms with E-state index in [4.69, 9.17) is 18.8 Å². The molecular formula is C11H14BFO5. The van der Waals surface area contributed by atoms with Crippen molar-refractivity contribution >= 4 is 12.6 Å². The highest BCUT2D eigenvalue weighted by molar-refractivity contribution is 6.62. The highest BCUT2D eigenvalue weighted by atomic mass is 19.1. The molecule has 0 saturated carbocycles. The maximum Gasteiger partial charge on any atom is 0.496 e. The van der Waals surface area contributed by atoms with Gasteiger partial charge in [0.15, 0.2) is 6.29 Å². The Morgan fingerprint density at radius 2 is 2.17 bits per heavy atom. The molecule has 1 heterocycles. The summed E-state index contributed by atoms with van der Waals surface area (Å²) in [6.07, 6.45) is -2.20. The van der Waals surface area contributed by atoms with Crippen LogP contribution in [0.15, 0.2) is 18.2 Å². The van der Waals surface area contributed by atoms with E-state index in [1.807, 2.05) is 0 Å². The van der Waals surface area contributed by atoms with Crippen molar-refractivity contribution in [3.63, 3.8) is 0 Å². The predicted octanol–water partition coefficient (Wildman–Crippen LogP) is 0.00500. The van der Waals surface area contributed by atoms with E-state index in [9.17, 15) is 9.50 Å². The van der Waals surface area contributed by atoms with Crippen LogP contribution in [0.25, 0.3) is 0 Å². The van der Waals surface area contributed by atoms with Crippen LogP contribution in [0.2, 0.25) is 0 Å². The number of rotatable bonds is 5. The van der Waals surface area contributed by atoms with Gasteiger partial charge in [-0.1, -0.05) is 6.07 Å². The Bertz CT molecular complexity index is 416. The Morgan fingerprint density at radius 1 is 1.39 bits per heavy atom. The second-order valence-corrected chi connectivity index (χ2v) is 3.85. The maximum atomic E-state index is 13.0. The van der Waals surface area contributed by atoms with Crippen molar-refractivity contribution in [1.29, 1.82) is 0 Å². The van der Waals surface area contributed by atoms with Crippen molar-refractivity contribution in [3.05, 3.63) is 29.6 Å². The molecule has 0 radical (unpaired) electrons. The van der Waals surface area contributed by atoms with Crippen molar-refractivity contribution < 1.29 is 28.3 Å². The lowest BCUT2D eigenvalue weighted by Crippen LogP contribution is -2.42. The highest BCUT2D eigenvalue weighted by Gasteiger charge is 2.35. The minimum atomic E-state index is -1.22. The van der Waals surface area contributed by atoms with Gasteiger partial charge in [0, 0.05) is 14.2 Å². The molecule has 1 aliphatic rings. The van der Waals surface area contributed by atoms with Crippen molar-refractivity contribution in [3.8, 4) is 0 Å². The molecule has 1 unspecified atom stereocenters. The van der Waals surface area contributed by atoms with Crippen molar-refractivity contribution in [2.24, 2.45) is 0 Å². The molecule has 0 fully saturated rings. The van der Waals surface area contributed by atoms with E-state index >= 15 is 0 Å². The van der Waals surface area contributed by atoms with Crippen LogP contribution in [0, 0.1) is 5.82 Å². The zero-order valence-electron chi connectivity index (χ0n) is 10.1. The third kappa shape index (κ3) is 2.71. The molecule has 2 rings (SSSR count). The van der Waals surface area contributed by atoms with Crippen molar-refractivity contribution in [2.75, 3.05) is 14.2 Å². The van der Waals surface area contributed by atoms with E-state index in [-0.39, 0.29) is 12.4 Å². The molecule has 0 saturated heterocycles.